The number of carbonyl (C=O) groups is 1. The average Bonchev–Trinajstić information content (AvgIpc) is 2.37. The molecule has 1 aliphatic carbocycles. The molecule has 4 nitrogen and oxygen atoms in total. The fourth-order valence-corrected chi connectivity index (χ4v) is 3.26. The van der Waals surface area contributed by atoms with Crippen LogP contribution in [0.3, 0.4) is 0 Å². The Balaban J connectivity index is 1.74. The molecule has 19 heavy (non-hydrogen) atoms. The minimum absolute atomic E-state index is 0.140. The molecular weight excluding hydrogens is 238 g/mol. The standard InChI is InChI=1S/C15H29N3O/c1-15(7-4-8-15)17(3)14(19)12-18-9-5-13(6-10-18)11-16-2/h13,16H,4-12H2,1-3H3. The Morgan fingerprint density at radius 1 is 1.37 bits per heavy atom. The number of amides is 1. The van der Waals surface area contributed by atoms with Crippen LogP contribution in [0.5, 0.6) is 0 Å². The smallest absolute Gasteiger partial charge is 0.236 e. The van der Waals surface area contributed by atoms with Crippen LogP contribution in [0.2, 0.25) is 0 Å². The predicted octanol–water partition coefficient (Wildman–Crippen LogP) is 1.32. The summed E-state index contributed by atoms with van der Waals surface area (Å²) in [7, 11) is 4.00. The molecule has 110 valence electrons. The minimum Gasteiger partial charge on any atom is -0.339 e. The highest BCUT2D eigenvalue weighted by Crippen LogP contribution is 2.36. The quantitative estimate of drug-likeness (QED) is 0.816. The van der Waals surface area contributed by atoms with E-state index < -0.39 is 0 Å². The molecule has 1 saturated carbocycles. The van der Waals surface area contributed by atoms with Crippen LogP contribution in [0.4, 0.5) is 0 Å². The van der Waals surface area contributed by atoms with E-state index in [0.29, 0.717) is 12.5 Å². The van der Waals surface area contributed by atoms with Crippen LogP contribution < -0.4 is 5.32 Å². The molecule has 1 aliphatic heterocycles. The Kier molecular flexibility index (Phi) is 4.85. The molecule has 0 aromatic rings. The third-order valence-corrected chi connectivity index (χ3v) is 5.17. The van der Waals surface area contributed by atoms with Gasteiger partial charge in [-0.1, -0.05) is 0 Å². The summed E-state index contributed by atoms with van der Waals surface area (Å²) >= 11 is 0. The van der Waals surface area contributed by atoms with E-state index in [1.807, 2.05) is 19.0 Å². The second-order valence-electron chi connectivity index (χ2n) is 6.58. The lowest BCUT2D eigenvalue weighted by Crippen LogP contribution is -2.54. The summed E-state index contributed by atoms with van der Waals surface area (Å²) in [6.45, 7) is 6.08. The van der Waals surface area contributed by atoms with Gasteiger partial charge in [-0.3, -0.25) is 9.69 Å². The number of hydrogen-bond donors (Lipinski definition) is 1. The molecule has 2 aliphatic rings. The molecule has 0 atom stereocenters. The van der Waals surface area contributed by atoms with Gasteiger partial charge >= 0.3 is 0 Å². The fraction of sp³-hybridized carbons (Fsp3) is 0.933. The van der Waals surface area contributed by atoms with Crippen molar-refractivity contribution in [3.8, 4) is 0 Å². The number of piperidine rings is 1. The third kappa shape index (κ3) is 3.48. The molecule has 1 N–H and O–H groups in total. The van der Waals surface area contributed by atoms with Gasteiger partial charge < -0.3 is 10.2 Å². The fourth-order valence-electron chi connectivity index (χ4n) is 3.26. The number of hydrogen-bond acceptors (Lipinski definition) is 3. The van der Waals surface area contributed by atoms with Crippen LogP contribution in [0.25, 0.3) is 0 Å². The summed E-state index contributed by atoms with van der Waals surface area (Å²) in [5.41, 5.74) is 0.140. The molecule has 0 spiro atoms. The molecule has 1 amide bonds. The molecule has 0 bridgehead atoms. The first-order valence-electron chi connectivity index (χ1n) is 7.69. The number of nitrogens with zero attached hydrogens (tertiary/aromatic N) is 2. The highest BCUT2D eigenvalue weighted by molar-refractivity contribution is 5.79. The first kappa shape index (κ1) is 14.8. The molecular formula is C15H29N3O. The maximum Gasteiger partial charge on any atom is 0.236 e. The van der Waals surface area contributed by atoms with E-state index in [9.17, 15) is 4.79 Å². The van der Waals surface area contributed by atoms with Crippen molar-refractivity contribution in [1.82, 2.24) is 15.1 Å². The Bertz CT molecular complexity index is 307. The molecule has 1 heterocycles. The molecule has 2 fully saturated rings. The van der Waals surface area contributed by atoms with Crippen LogP contribution in [0.15, 0.2) is 0 Å². The van der Waals surface area contributed by atoms with E-state index in [4.69, 9.17) is 0 Å². The van der Waals surface area contributed by atoms with Crippen molar-refractivity contribution in [2.75, 3.05) is 40.3 Å². The molecule has 2 rings (SSSR count). The van der Waals surface area contributed by atoms with Crippen molar-refractivity contribution >= 4 is 5.91 Å². The Morgan fingerprint density at radius 2 is 2.00 bits per heavy atom. The lowest BCUT2D eigenvalue weighted by Gasteiger charge is -2.46. The minimum atomic E-state index is 0.140. The van der Waals surface area contributed by atoms with E-state index >= 15 is 0 Å². The predicted molar refractivity (Wildman–Crippen MR) is 78.1 cm³/mol. The summed E-state index contributed by atoms with van der Waals surface area (Å²) in [5, 5.41) is 3.25. The van der Waals surface area contributed by atoms with Crippen molar-refractivity contribution in [3.05, 3.63) is 0 Å². The van der Waals surface area contributed by atoms with Crippen LogP contribution >= 0.6 is 0 Å². The van der Waals surface area contributed by atoms with E-state index in [2.05, 4.69) is 17.1 Å². The highest BCUT2D eigenvalue weighted by Gasteiger charge is 2.38. The summed E-state index contributed by atoms with van der Waals surface area (Å²) in [6, 6.07) is 0. The van der Waals surface area contributed by atoms with Gasteiger partial charge in [0.05, 0.1) is 6.54 Å². The second kappa shape index (κ2) is 6.23. The lowest BCUT2D eigenvalue weighted by atomic mass is 9.77. The van der Waals surface area contributed by atoms with Crippen molar-refractivity contribution < 1.29 is 4.79 Å². The number of carbonyl (C=O) groups excluding carboxylic acids is 1. The Labute approximate surface area is 117 Å². The summed E-state index contributed by atoms with van der Waals surface area (Å²) in [5.74, 6) is 1.09. The van der Waals surface area contributed by atoms with Crippen molar-refractivity contribution in [2.24, 2.45) is 5.92 Å². The monoisotopic (exact) mass is 267 g/mol. The molecule has 0 radical (unpaired) electrons. The number of likely N-dealkylation sites (tertiary alicyclic amines) is 1. The van der Waals surface area contributed by atoms with Gasteiger partial charge in [-0.2, -0.15) is 0 Å². The van der Waals surface area contributed by atoms with Gasteiger partial charge in [-0.15, -0.1) is 0 Å². The maximum atomic E-state index is 12.3. The van der Waals surface area contributed by atoms with Gasteiger partial charge in [0.1, 0.15) is 0 Å². The maximum absolute atomic E-state index is 12.3. The van der Waals surface area contributed by atoms with Gasteiger partial charge in [0.15, 0.2) is 0 Å². The molecule has 0 aromatic heterocycles. The highest BCUT2D eigenvalue weighted by atomic mass is 16.2. The number of rotatable bonds is 5. The van der Waals surface area contributed by atoms with Gasteiger partial charge in [-0.25, -0.2) is 0 Å². The van der Waals surface area contributed by atoms with Crippen LogP contribution in [0, 0.1) is 5.92 Å². The third-order valence-electron chi connectivity index (χ3n) is 5.17. The zero-order valence-electron chi connectivity index (χ0n) is 12.7. The summed E-state index contributed by atoms with van der Waals surface area (Å²) in [4.78, 5) is 16.7. The van der Waals surface area contributed by atoms with Gasteiger partial charge in [0.25, 0.3) is 0 Å². The lowest BCUT2D eigenvalue weighted by molar-refractivity contribution is -0.139. The van der Waals surface area contributed by atoms with Gasteiger partial charge in [0, 0.05) is 12.6 Å². The van der Waals surface area contributed by atoms with Gasteiger partial charge in [-0.05, 0) is 71.6 Å². The van der Waals surface area contributed by atoms with E-state index in [1.54, 1.807) is 0 Å². The first-order chi connectivity index (χ1) is 9.05. The number of nitrogens with one attached hydrogen (secondary N) is 1. The number of likely N-dealkylation sites (N-methyl/N-ethyl adjacent to an activating group) is 1. The molecule has 1 saturated heterocycles. The normalized spacial score (nSPS) is 23.9. The van der Waals surface area contributed by atoms with Crippen LogP contribution in [-0.2, 0) is 4.79 Å². The zero-order valence-corrected chi connectivity index (χ0v) is 12.7. The molecule has 0 unspecified atom stereocenters. The van der Waals surface area contributed by atoms with E-state index in [-0.39, 0.29) is 5.54 Å². The van der Waals surface area contributed by atoms with Crippen molar-refractivity contribution in [3.63, 3.8) is 0 Å². The summed E-state index contributed by atoms with van der Waals surface area (Å²) in [6.07, 6.45) is 6.03. The SMILES string of the molecule is CNCC1CCN(CC(=O)N(C)C2(C)CCC2)CC1. The molecule has 0 aromatic carbocycles. The Hall–Kier alpha value is -0.610. The van der Waals surface area contributed by atoms with E-state index in [1.165, 1.54) is 32.1 Å². The topological polar surface area (TPSA) is 35.6 Å². The van der Waals surface area contributed by atoms with Crippen LogP contribution in [0.1, 0.15) is 39.0 Å². The average molecular weight is 267 g/mol. The van der Waals surface area contributed by atoms with Crippen molar-refractivity contribution in [2.45, 2.75) is 44.6 Å². The Morgan fingerprint density at radius 3 is 2.47 bits per heavy atom. The summed E-state index contributed by atoms with van der Waals surface area (Å²) < 4.78 is 0. The van der Waals surface area contributed by atoms with Gasteiger partial charge in [0.2, 0.25) is 5.91 Å². The van der Waals surface area contributed by atoms with Crippen LogP contribution in [-0.4, -0.2) is 61.5 Å². The first-order valence-corrected chi connectivity index (χ1v) is 7.69. The second-order valence-corrected chi connectivity index (χ2v) is 6.58. The zero-order chi connectivity index (χ0) is 13.9. The largest absolute Gasteiger partial charge is 0.339 e. The molecule has 4 heteroatoms. The van der Waals surface area contributed by atoms with Crippen molar-refractivity contribution in [1.29, 1.82) is 0 Å². The van der Waals surface area contributed by atoms with E-state index in [0.717, 1.165) is 25.6 Å².